The van der Waals surface area contributed by atoms with E-state index in [0.717, 1.165) is 0 Å². The molecular formula is C16H23N3O5. The number of phenolic OH excluding ortho intramolecular Hbond substituents is 1. The summed E-state index contributed by atoms with van der Waals surface area (Å²) in [4.78, 5) is 24.2. The maximum absolute atomic E-state index is 12.0. The second-order valence-corrected chi connectivity index (χ2v) is 6.84. The highest BCUT2D eigenvalue weighted by atomic mass is 16.6. The Bertz CT molecular complexity index is 619. The minimum atomic E-state index is -0.533. The number of amides is 1. The lowest BCUT2D eigenvalue weighted by Gasteiger charge is -2.34. The van der Waals surface area contributed by atoms with E-state index >= 15 is 0 Å². The number of piperidine rings is 1. The molecule has 0 aliphatic carbocycles. The first kappa shape index (κ1) is 17.8. The molecule has 1 saturated heterocycles. The highest BCUT2D eigenvalue weighted by Gasteiger charge is 2.27. The fourth-order valence-electron chi connectivity index (χ4n) is 2.55. The van der Waals surface area contributed by atoms with Crippen LogP contribution in [0.1, 0.15) is 33.6 Å². The molecule has 1 aliphatic heterocycles. The highest BCUT2D eigenvalue weighted by Crippen LogP contribution is 2.30. The van der Waals surface area contributed by atoms with Crippen LogP contribution in [-0.2, 0) is 4.74 Å². The molecule has 1 fully saturated rings. The van der Waals surface area contributed by atoms with Crippen LogP contribution < -0.4 is 5.32 Å². The van der Waals surface area contributed by atoms with Crippen LogP contribution in [0, 0.1) is 10.1 Å². The van der Waals surface area contributed by atoms with Crippen LogP contribution in [0.5, 0.6) is 5.75 Å². The lowest BCUT2D eigenvalue weighted by Crippen LogP contribution is -2.44. The van der Waals surface area contributed by atoms with Crippen molar-refractivity contribution in [2.24, 2.45) is 0 Å². The Labute approximate surface area is 140 Å². The van der Waals surface area contributed by atoms with Gasteiger partial charge in [0, 0.05) is 31.3 Å². The number of ether oxygens (including phenoxy) is 1. The van der Waals surface area contributed by atoms with Crippen LogP contribution in [-0.4, -0.2) is 45.8 Å². The van der Waals surface area contributed by atoms with Gasteiger partial charge in [0.15, 0.2) is 0 Å². The molecule has 2 N–H and O–H groups in total. The van der Waals surface area contributed by atoms with Gasteiger partial charge in [-0.25, -0.2) is 4.79 Å². The van der Waals surface area contributed by atoms with Gasteiger partial charge < -0.3 is 20.1 Å². The Morgan fingerprint density at radius 3 is 2.54 bits per heavy atom. The van der Waals surface area contributed by atoms with Gasteiger partial charge >= 0.3 is 6.09 Å². The van der Waals surface area contributed by atoms with Crippen LogP contribution >= 0.6 is 0 Å². The van der Waals surface area contributed by atoms with E-state index in [2.05, 4.69) is 5.32 Å². The largest absolute Gasteiger partial charge is 0.508 e. The molecule has 1 aromatic rings. The summed E-state index contributed by atoms with van der Waals surface area (Å²) in [6.45, 7) is 6.49. The predicted molar refractivity (Wildman–Crippen MR) is 89.2 cm³/mol. The number of aromatic hydroxyl groups is 1. The number of hydrogen-bond acceptors (Lipinski definition) is 6. The van der Waals surface area contributed by atoms with Crippen molar-refractivity contribution in [1.82, 2.24) is 4.90 Å². The Balaban J connectivity index is 1.95. The molecule has 0 bridgehead atoms. The summed E-state index contributed by atoms with van der Waals surface area (Å²) in [6.07, 6.45) is 0.947. The second-order valence-electron chi connectivity index (χ2n) is 6.84. The zero-order valence-corrected chi connectivity index (χ0v) is 14.1. The van der Waals surface area contributed by atoms with E-state index < -0.39 is 10.5 Å². The second kappa shape index (κ2) is 6.94. The summed E-state index contributed by atoms with van der Waals surface area (Å²) in [5, 5.41) is 23.7. The molecule has 1 amide bonds. The average Bonchev–Trinajstić information content (AvgIpc) is 2.46. The van der Waals surface area contributed by atoms with Crippen molar-refractivity contribution in [1.29, 1.82) is 0 Å². The van der Waals surface area contributed by atoms with Crippen LogP contribution in [0.15, 0.2) is 18.2 Å². The highest BCUT2D eigenvalue weighted by molar-refractivity contribution is 5.68. The molecule has 1 aliphatic rings. The number of phenols is 1. The molecule has 8 heteroatoms. The number of nitrogens with zero attached hydrogens (tertiary/aromatic N) is 2. The normalized spacial score (nSPS) is 15.9. The molecule has 24 heavy (non-hydrogen) atoms. The van der Waals surface area contributed by atoms with Gasteiger partial charge in [0.05, 0.1) is 4.92 Å². The standard InChI is InChI=1S/C16H23N3O5/c1-16(2,3)24-15(21)18-8-6-11(7-9-18)17-13-10-12(20)4-5-14(13)19(22)23/h4-5,10-11,17,20H,6-9H2,1-3H3. The van der Waals surface area contributed by atoms with Crippen molar-refractivity contribution in [2.75, 3.05) is 18.4 Å². The third-order valence-electron chi connectivity index (χ3n) is 3.68. The lowest BCUT2D eigenvalue weighted by molar-refractivity contribution is -0.384. The summed E-state index contributed by atoms with van der Waals surface area (Å²) >= 11 is 0. The number of likely N-dealkylation sites (tertiary alicyclic amines) is 1. The molecule has 0 unspecified atom stereocenters. The minimum absolute atomic E-state index is 0.0100. The number of nitrogens with one attached hydrogen (secondary N) is 1. The van der Waals surface area contributed by atoms with Gasteiger partial charge in [0.25, 0.3) is 5.69 Å². The lowest BCUT2D eigenvalue weighted by atomic mass is 10.0. The van der Waals surface area contributed by atoms with E-state index in [1.165, 1.54) is 18.2 Å². The van der Waals surface area contributed by atoms with Gasteiger partial charge in [-0.1, -0.05) is 0 Å². The number of anilines is 1. The zero-order chi connectivity index (χ0) is 17.9. The molecule has 0 saturated carbocycles. The predicted octanol–water partition coefficient (Wildman–Crippen LogP) is 3.11. The Morgan fingerprint density at radius 1 is 1.38 bits per heavy atom. The average molecular weight is 337 g/mol. The molecule has 2 rings (SSSR count). The third kappa shape index (κ3) is 4.74. The number of rotatable bonds is 3. The Morgan fingerprint density at radius 2 is 2.00 bits per heavy atom. The van der Waals surface area contributed by atoms with Gasteiger partial charge in [-0.2, -0.15) is 0 Å². The number of nitro groups is 1. The summed E-state index contributed by atoms with van der Waals surface area (Å²) in [7, 11) is 0. The van der Waals surface area contributed by atoms with Crippen LogP contribution in [0.2, 0.25) is 0 Å². The van der Waals surface area contributed by atoms with Crippen molar-refractivity contribution in [2.45, 2.75) is 45.3 Å². The van der Waals surface area contributed by atoms with E-state index in [1.807, 2.05) is 20.8 Å². The topological polar surface area (TPSA) is 105 Å². The smallest absolute Gasteiger partial charge is 0.410 e. The van der Waals surface area contributed by atoms with Crippen molar-refractivity contribution < 1.29 is 19.6 Å². The van der Waals surface area contributed by atoms with Crippen LogP contribution in [0.25, 0.3) is 0 Å². The van der Waals surface area contributed by atoms with E-state index in [-0.39, 0.29) is 29.3 Å². The number of nitro benzene ring substituents is 1. The molecule has 0 radical (unpaired) electrons. The quantitative estimate of drug-likeness (QED) is 0.648. The minimum Gasteiger partial charge on any atom is -0.508 e. The fraction of sp³-hybridized carbons (Fsp3) is 0.562. The Kier molecular flexibility index (Phi) is 5.16. The van der Waals surface area contributed by atoms with Crippen molar-refractivity contribution in [3.8, 4) is 5.75 Å². The van der Waals surface area contributed by atoms with Crippen LogP contribution in [0.4, 0.5) is 16.2 Å². The van der Waals surface area contributed by atoms with E-state index in [1.54, 1.807) is 4.90 Å². The van der Waals surface area contributed by atoms with E-state index in [9.17, 15) is 20.0 Å². The van der Waals surface area contributed by atoms with Gasteiger partial charge in [0.2, 0.25) is 0 Å². The number of hydrogen-bond donors (Lipinski definition) is 2. The monoisotopic (exact) mass is 337 g/mol. The molecule has 0 aromatic heterocycles. The Hall–Kier alpha value is -2.51. The summed E-state index contributed by atoms with van der Waals surface area (Å²) in [6, 6.07) is 3.89. The first-order chi connectivity index (χ1) is 11.2. The van der Waals surface area contributed by atoms with E-state index in [4.69, 9.17) is 4.74 Å². The first-order valence-corrected chi connectivity index (χ1v) is 7.87. The SMILES string of the molecule is CC(C)(C)OC(=O)N1CCC(Nc2cc(O)ccc2[N+](=O)[O-])CC1. The molecule has 8 nitrogen and oxygen atoms in total. The van der Waals surface area contributed by atoms with E-state index in [0.29, 0.717) is 25.9 Å². The summed E-state index contributed by atoms with van der Waals surface area (Å²) in [5.74, 6) is -0.0331. The molecule has 0 atom stereocenters. The molecule has 0 spiro atoms. The van der Waals surface area contributed by atoms with Gasteiger partial charge in [-0.3, -0.25) is 10.1 Å². The summed E-state index contributed by atoms with van der Waals surface area (Å²) in [5.41, 5.74) is -0.327. The fourth-order valence-corrected chi connectivity index (χ4v) is 2.55. The van der Waals surface area contributed by atoms with Gasteiger partial charge in [0.1, 0.15) is 17.0 Å². The maximum Gasteiger partial charge on any atom is 0.410 e. The number of carbonyl (C=O) groups is 1. The summed E-state index contributed by atoms with van der Waals surface area (Å²) < 4.78 is 5.34. The maximum atomic E-state index is 12.0. The molecular weight excluding hydrogens is 314 g/mol. The van der Waals surface area contributed by atoms with Crippen molar-refractivity contribution in [3.63, 3.8) is 0 Å². The van der Waals surface area contributed by atoms with Crippen molar-refractivity contribution in [3.05, 3.63) is 28.3 Å². The number of carbonyl (C=O) groups excluding carboxylic acids is 1. The first-order valence-electron chi connectivity index (χ1n) is 7.87. The van der Waals surface area contributed by atoms with Crippen molar-refractivity contribution >= 4 is 17.5 Å². The molecule has 132 valence electrons. The third-order valence-corrected chi connectivity index (χ3v) is 3.68. The van der Waals surface area contributed by atoms with Crippen LogP contribution in [0.3, 0.4) is 0 Å². The zero-order valence-electron chi connectivity index (χ0n) is 14.1. The number of benzene rings is 1. The van der Waals surface area contributed by atoms with Gasteiger partial charge in [-0.05, 0) is 39.7 Å². The molecule has 1 aromatic carbocycles. The van der Waals surface area contributed by atoms with Gasteiger partial charge in [-0.15, -0.1) is 0 Å². The molecule has 1 heterocycles.